The molecule has 1 heterocycles. The molecule has 2 N–H and O–H groups in total. The van der Waals surface area contributed by atoms with Gasteiger partial charge in [-0.1, -0.05) is 51.4 Å². The van der Waals surface area contributed by atoms with Crippen molar-refractivity contribution in [3.8, 4) is 17.2 Å². The molecule has 1 aromatic heterocycles. The van der Waals surface area contributed by atoms with Crippen molar-refractivity contribution >= 4 is 56.8 Å². The lowest BCUT2D eigenvalue weighted by Crippen LogP contribution is -2.25. The van der Waals surface area contributed by atoms with Crippen LogP contribution in [0.4, 0.5) is 5.69 Å². The van der Waals surface area contributed by atoms with Crippen LogP contribution in [0.15, 0.2) is 76.4 Å². The number of benzene rings is 3. The highest BCUT2D eigenvalue weighted by Crippen LogP contribution is 2.29. The van der Waals surface area contributed by atoms with E-state index in [9.17, 15) is 9.59 Å². The van der Waals surface area contributed by atoms with Crippen molar-refractivity contribution in [3.05, 3.63) is 87.6 Å². The number of halogens is 2. The fraction of sp³-hybridized carbons (Fsp3) is 0.154. The quantitative estimate of drug-likeness (QED) is 0.231. The highest BCUT2D eigenvalue weighted by molar-refractivity contribution is 9.10. The monoisotopic (exact) mass is 615 g/mol. The number of methoxy groups -OCH3 is 2. The second-order valence-electron chi connectivity index (χ2n) is 7.78. The number of anilines is 1. The van der Waals surface area contributed by atoms with Gasteiger partial charge < -0.3 is 20.1 Å². The van der Waals surface area contributed by atoms with E-state index >= 15 is 0 Å². The lowest BCUT2D eigenvalue weighted by Gasteiger charge is -2.14. The number of ether oxygens (including phenoxy) is 2. The van der Waals surface area contributed by atoms with Crippen molar-refractivity contribution in [1.29, 1.82) is 0 Å². The predicted octanol–water partition coefficient (Wildman–Crippen LogP) is 5.36. The Bertz CT molecular complexity index is 1450. The largest absolute Gasteiger partial charge is 0.497 e. The summed E-state index contributed by atoms with van der Waals surface area (Å²) in [7, 11) is 3.15. The van der Waals surface area contributed by atoms with E-state index in [2.05, 4.69) is 36.8 Å². The van der Waals surface area contributed by atoms with Crippen LogP contribution < -0.4 is 20.1 Å². The molecule has 0 aliphatic heterocycles. The van der Waals surface area contributed by atoms with Crippen molar-refractivity contribution in [3.63, 3.8) is 0 Å². The highest BCUT2D eigenvalue weighted by atomic mass is 79.9. The first-order chi connectivity index (χ1) is 18.4. The van der Waals surface area contributed by atoms with Crippen molar-refractivity contribution < 1.29 is 19.1 Å². The Morgan fingerprint density at radius 3 is 2.53 bits per heavy atom. The first-order valence-electron chi connectivity index (χ1n) is 11.3. The molecule has 0 unspecified atom stereocenters. The zero-order chi connectivity index (χ0) is 27.1. The van der Waals surface area contributed by atoms with Crippen LogP contribution in [-0.2, 0) is 11.3 Å². The average Bonchev–Trinajstić information content (AvgIpc) is 3.34. The molecule has 38 heavy (non-hydrogen) atoms. The summed E-state index contributed by atoms with van der Waals surface area (Å²) in [4.78, 5) is 25.5. The number of nitrogens with one attached hydrogen (secondary N) is 2. The lowest BCUT2D eigenvalue weighted by atomic mass is 10.2. The van der Waals surface area contributed by atoms with E-state index in [0.717, 1.165) is 4.47 Å². The van der Waals surface area contributed by atoms with Crippen LogP contribution in [0, 0.1) is 0 Å². The molecule has 12 heteroatoms. The molecule has 4 aromatic rings. The molecule has 0 saturated carbocycles. The smallest absolute Gasteiger partial charge is 0.253 e. The van der Waals surface area contributed by atoms with E-state index in [-0.39, 0.29) is 24.1 Å². The number of aromatic nitrogens is 3. The number of carbonyl (C=O) groups is 2. The summed E-state index contributed by atoms with van der Waals surface area (Å²) in [6.07, 6.45) is 0. The summed E-state index contributed by atoms with van der Waals surface area (Å²) < 4.78 is 13.2. The number of para-hydroxylation sites is 2. The second kappa shape index (κ2) is 12.8. The Labute approximate surface area is 237 Å². The summed E-state index contributed by atoms with van der Waals surface area (Å²) in [6.45, 7) is 0.0608. The zero-order valence-corrected chi connectivity index (χ0v) is 23.6. The van der Waals surface area contributed by atoms with Crippen LogP contribution in [0.5, 0.6) is 11.5 Å². The van der Waals surface area contributed by atoms with Gasteiger partial charge in [0, 0.05) is 10.2 Å². The summed E-state index contributed by atoms with van der Waals surface area (Å²) in [5, 5.41) is 15.1. The minimum absolute atomic E-state index is 0.0608. The molecule has 4 rings (SSSR count). The summed E-state index contributed by atoms with van der Waals surface area (Å²) in [5.74, 6) is 1.24. The number of rotatable bonds is 10. The van der Waals surface area contributed by atoms with Gasteiger partial charge >= 0.3 is 0 Å². The summed E-state index contributed by atoms with van der Waals surface area (Å²) >= 11 is 10.8. The molecule has 0 saturated heterocycles. The molecule has 9 nitrogen and oxygen atoms in total. The first kappa shape index (κ1) is 27.5. The predicted molar refractivity (Wildman–Crippen MR) is 151 cm³/mol. The molecule has 2 amide bonds. The number of thioether (sulfide) groups is 1. The number of amides is 2. The maximum atomic E-state index is 12.8. The van der Waals surface area contributed by atoms with Crippen LogP contribution >= 0.6 is 39.3 Å². The van der Waals surface area contributed by atoms with Crippen molar-refractivity contribution in [1.82, 2.24) is 20.1 Å². The molecule has 196 valence electrons. The topological polar surface area (TPSA) is 107 Å². The molecule has 0 radical (unpaired) electrons. The van der Waals surface area contributed by atoms with Crippen LogP contribution in [0.3, 0.4) is 0 Å². The molecule has 3 aromatic carbocycles. The molecule has 0 atom stereocenters. The van der Waals surface area contributed by atoms with Gasteiger partial charge in [0.05, 0.1) is 42.8 Å². The lowest BCUT2D eigenvalue weighted by molar-refractivity contribution is -0.113. The number of carbonyl (C=O) groups excluding carboxylic acids is 2. The van der Waals surface area contributed by atoms with E-state index in [1.807, 2.05) is 24.3 Å². The minimum Gasteiger partial charge on any atom is -0.497 e. The fourth-order valence-corrected chi connectivity index (χ4v) is 4.82. The van der Waals surface area contributed by atoms with Gasteiger partial charge in [0.25, 0.3) is 5.91 Å². The van der Waals surface area contributed by atoms with E-state index in [1.54, 1.807) is 61.3 Å². The van der Waals surface area contributed by atoms with Gasteiger partial charge in [0.1, 0.15) is 11.5 Å². The zero-order valence-electron chi connectivity index (χ0n) is 20.4. The molecule has 0 bridgehead atoms. The molecule has 0 fully saturated rings. The van der Waals surface area contributed by atoms with Crippen LogP contribution in [0.2, 0.25) is 5.02 Å². The third-order valence-corrected chi connectivity index (χ3v) is 7.06. The Morgan fingerprint density at radius 1 is 1.03 bits per heavy atom. The number of hydrogen-bond donors (Lipinski definition) is 2. The Hall–Kier alpha value is -3.54. The van der Waals surface area contributed by atoms with E-state index in [1.165, 1.54) is 11.8 Å². The van der Waals surface area contributed by atoms with Gasteiger partial charge in [-0.15, -0.1) is 10.2 Å². The fourth-order valence-electron chi connectivity index (χ4n) is 3.49. The Kier molecular flexibility index (Phi) is 9.27. The van der Waals surface area contributed by atoms with E-state index < -0.39 is 0 Å². The van der Waals surface area contributed by atoms with Gasteiger partial charge in [-0.3, -0.25) is 14.2 Å². The van der Waals surface area contributed by atoms with E-state index in [4.69, 9.17) is 21.1 Å². The van der Waals surface area contributed by atoms with Crippen LogP contribution in [-0.4, -0.2) is 46.6 Å². The van der Waals surface area contributed by atoms with Crippen LogP contribution in [0.1, 0.15) is 16.2 Å². The Morgan fingerprint density at radius 2 is 1.79 bits per heavy atom. The average molecular weight is 617 g/mol. The maximum absolute atomic E-state index is 12.8. The van der Waals surface area contributed by atoms with Crippen LogP contribution in [0.25, 0.3) is 5.69 Å². The second-order valence-corrected chi connectivity index (χ2v) is 10.0. The third kappa shape index (κ3) is 6.66. The third-order valence-electron chi connectivity index (χ3n) is 5.31. The minimum atomic E-state index is -0.362. The summed E-state index contributed by atoms with van der Waals surface area (Å²) in [6, 6.07) is 19.5. The molecule has 0 aliphatic carbocycles. The van der Waals surface area contributed by atoms with Gasteiger partial charge in [0.15, 0.2) is 11.0 Å². The molecule has 0 spiro atoms. The van der Waals surface area contributed by atoms with Crippen molar-refractivity contribution in [2.45, 2.75) is 11.7 Å². The number of nitrogens with zero attached hydrogens (tertiary/aromatic N) is 3. The van der Waals surface area contributed by atoms with Crippen molar-refractivity contribution in [2.24, 2.45) is 0 Å². The van der Waals surface area contributed by atoms with Crippen molar-refractivity contribution in [2.75, 3.05) is 25.3 Å². The Balaban J connectivity index is 1.53. The normalized spacial score (nSPS) is 10.6. The standard InChI is InChI=1S/C26H23BrClN5O4S/c1-36-18-10-8-17(9-11-18)30-24(34)15-38-26-32-31-23(33(26)21-5-3-4-6-22(21)37-2)14-29-25(35)19-13-16(27)7-12-20(19)28/h3-13H,14-15H2,1-2H3,(H,29,35)(H,30,34). The molecular weight excluding hydrogens is 594 g/mol. The number of hydrogen-bond acceptors (Lipinski definition) is 7. The van der Waals surface area contributed by atoms with E-state index in [0.29, 0.717) is 44.4 Å². The summed E-state index contributed by atoms with van der Waals surface area (Å²) in [5.41, 5.74) is 1.65. The van der Waals surface area contributed by atoms with Gasteiger partial charge in [-0.2, -0.15) is 0 Å². The SMILES string of the molecule is COc1ccc(NC(=O)CSc2nnc(CNC(=O)c3cc(Br)ccc3Cl)n2-c2ccccc2OC)cc1. The molecule has 0 aliphatic rings. The maximum Gasteiger partial charge on any atom is 0.253 e. The highest BCUT2D eigenvalue weighted by Gasteiger charge is 2.20. The molecular formula is C26H23BrClN5O4S. The first-order valence-corrected chi connectivity index (χ1v) is 13.4. The van der Waals surface area contributed by atoms with Gasteiger partial charge in [-0.05, 0) is 54.6 Å². The van der Waals surface area contributed by atoms with Gasteiger partial charge in [0.2, 0.25) is 5.91 Å². The van der Waals surface area contributed by atoms with Gasteiger partial charge in [-0.25, -0.2) is 0 Å².